The van der Waals surface area contributed by atoms with Crippen molar-refractivity contribution in [1.29, 1.82) is 5.26 Å². The van der Waals surface area contributed by atoms with Gasteiger partial charge in [0.2, 0.25) is 0 Å². The molecule has 0 aliphatic heterocycles. The molecule has 2 heteroatoms. The van der Waals surface area contributed by atoms with Crippen molar-refractivity contribution in [2.24, 2.45) is 11.8 Å². The van der Waals surface area contributed by atoms with Gasteiger partial charge in [0.25, 0.3) is 0 Å². The number of aryl methyl sites for hydroxylation is 1. The first kappa shape index (κ1) is 10.0. The average molecular weight is 200 g/mol. The van der Waals surface area contributed by atoms with Gasteiger partial charge in [-0.2, -0.15) is 5.26 Å². The van der Waals surface area contributed by atoms with Crippen LogP contribution in [-0.2, 0) is 0 Å². The van der Waals surface area contributed by atoms with Crippen molar-refractivity contribution in [2.75, 3.05) is 11.9 Å². The van der Waals surface area contributed by atoms with Crippen LogP contribution in [0.25, 0.3) is 0 Å². The number of anilines is 1. The number of nitrogens with one attached hydrogen (secondary N) is 1. The molecule has 0 heterocycles. The summed E-state index contributed by atoms with van der Waals surface area (Å²) in [7, 11) is 0. The lowest BCUT2D eigenvalue weighted by atomic mass is 10.1. The summed E-state index contributed by atoms with van der Waals surface area (Å²) in [6.45, 7) is 5.33. The number of nitrogens with zero attached hydrogens (tertiary/aromatic N) is 1. The smallest absolute Gasteiger partial charge is 0.0994 e. The maximum Gasteiger partial charge on any atom is 0.0994 e. The van der Waals surface area contributed by atoms with Crippen LogP contribution in [0.15, 0.2) is 18.2 Å². The van der Waals surface area contributed by atoms with E-state index in [-0.39, 0.29) is 0 Å². The SMILES string of the molecule is Cc1cc(NCC2CC2C)ccc1C#N. The van der Waals surface area contributed by atoms with Gasteiger partial charge in [-0.3, -0.25) is 0 Å². The summed E-state index contributed by atoms with van der Waals surface area (Å²) in [5, 5.41) is 12.2. The summed E-state index contributed by atoms with van der Waals surface area (Å²) >= 11 is 0. The number of benzene rings is 1. The summed E-state index contributed by atoms with van der Waals surface area (Å²) in [5.41, 5.74) is 2.94. The van der Waals surface area contributed by atoms with Gasteiger partial charge in [0, 0.05) is 12.2 Å². The zero-order valence-corrected chi connectivity index (χ0v) is 9.25. The van der Waals surface area contributed by atoms with Gasteiger partial charge in [0.15, 0.2) is 0 Å². The van der Waals surface area contributed by atoms with Crippen LogP contribution in [0, 0.1) is 30.1 Å². The van der Waals surface area contributed by atoms with Crippen LogP contribution >= 0.6 is 0 Å². The van der Waals surface area contributed by atoms with Crippen molar-refractivity contribution in [3.05, 3.63) is 29.3 Å². The fourth-order valence-corrected chi connectivity index (χ4v) is 1.83. The second-order valence-electron chi connectivity index (χ2n) is 4.50. The molecular formula is C13H16N2. The van der Waals surface area contributed by atoms with Crippen molar-refractivity contribution in [3.63, 3.8) is 0 Å². The highest BCUT2D eigenvalue weighted by Crippen LogP contribution is 2.37. The van der Waals surface area contributed by atoms with Gasteiger partial charge < -0.3 is 5.32 Å². The number of nitriles is 1. The van der Waals surface area contributed by atoms with Crippen molar-refractivity contribution in [1.82, 2.24) is 0 Å². The summed E-state index contributed by atoms with van der Waals surface area (Å²) in [6, 6.07) is 8.09. The first-order valence-electron chi connectivity index (χ1n) is 5.45. The quantitative estimate of drug-likeness (QED) is 0.814. The predicted molar refractivity (Wildman–Crippen MR) is 61.7 cm³/mol. The minimum atomic E-state index is 0.764. The monoisotopic (exact) mass is 200 g/mol. The van der Waals surface area contributed by atoms with Gasteiger partial charge in [-0.25, -0.2) is 0 Å². The van der Waals surface area contributed by atoms with Crippen LogP contribution in [0.2, 0.25) is 0 Å². The molecule has 1 aliphatic rings. The van der Waals surface area contributed by atoms with Crippen molar-refractivity contribution >= 4 is 5.69 Å². The Morgan fingerprint density at radius 2 is 2.27 bits per heavy atom. The van der Waals surface area contributed by atoms with E-state index in [0.29, 0.717) is 0 Å². The topological polar surface area (TPSA) is 35.8 Å². The minimum absolute atomic E-state index is 0.764. The van der Waals surface area contributed by atoms with E-state index in [2.05, 4.69) is 18.3 Å². The summed E-state index contributed by atoms with van der Waals surface area (Å²) < 4.78 is 0. The third-order valence-corrected chi connectivity index (χ3v) is 3.19. The van der Waals surface area contributed by atoms with E-state index in [0.717, 1.165) is 35.2 Å². The molecule has 2 atom stereocenters. The molecule has 2 rings (SSSR count). The number of hydrogen-bond acceptors (Lipinski definition) is 2. The van der Waals surface area contributed by atoms with Crippen LogP contribution in [0.5, 0.6) is 0 Å². The highest BCUT2D eigenvalue weighted by Gasteiger charge is 2.31. The first-order chi connectivity index (χ1) is 7.20. The molecule has 0 saturated heterocycles. The normalized spacial score (nSPS) is 23.3. The van der Waals surface area contributed by atoms with E-state index in [1.54, 1.807) is 0 Å². The molecule has 78 valence electrons. The van der Waals surface area contributed by atoms with Gasteiger partial charge in [-0.15, -0.1) is 0 Å². The van der Waals surface area contributed by atoms with Gasteiger partial charge in [0.05, 0.1) is 11.6 Å². The summed E-state index contributed by atoms with van der Waals surface area (Å²) in [5.74, 6) is 1.73. The van der Waals surface area contributed by atoms with Crippen LogP contribution in [0.3, 0.4) is 0 Å². The van der Waals surface area contributed by atoms with Crippen molar-refractivity contribution in [3.8, 4) is 6.07 Å². The molecule has 0 amide bonds. The van der Waals surface area contributed by atoms with E-state index in [1.165, 1.54) is 6.42 Å². The van der Waals surface area contributed by atoms with E-state index in [4.69, 9.17) is 5.26 Å². The Kier molecular flexibility index (Phi) is 2.64. The van der Waals surface area contributed by atoms with Crippen LogP contribution in [0.1, 0.15) is 24.5 Å². The fourth-order valence-electron chi connectivity index (χ4n) is 1.83. The summed E-state index contributed by atoms with van der Waals surface area (Å²) in [4.78, 5) is 0. The molecular weight excluding hydrogens is 184 g/mol. The molecule has 1 aromatic carbocycles. The van der Waals surface area contributed by atoms with Crippen molar-refractivity contribution in [2.45, 2.75) is 20.3 Å². The molecule has 0 radical (unpaired) electrons. The molecule has 15 heavy (non-hydrogen) atoms. The number of rotatable bonds is 3. The molecule has 1 fully saturated rings. The molecule has 2 nitrogen and oxygen atoms in total. The maximum absolute atomic E-state index is 8.80. The first-order valence-corrected chi connectivity index (χ1v) is 5.45. The number of hydrogen-bond donors (Lipinski definition) is 1. The largest absolute Gasteiger partial charge is 0.385 e. The highest BCUT2D eigenvalue weighted by molar-refractivity contribution is 5.51. The Bertz CT molecular complexity index is 403. The Balaban J connectivity index is 1.97. The Labute approximate surface area is 90.9 Å². The zero-order valence-electron chi connectivity index (χ0n) is 9.25. The third-order valence-electron chi connectivity index (χ3n) is 3.19. The van der Waals surface area contributed by atoms with Gasteiger partial charge >= 0.3 is 0 Å². The lowest BCUT2D eigenvalue weighted by Crippen LogP contribution is -2.04. The zero-order chi connectivity index (χ0) is 10.8. The van der Waals surface area contributed by atoms with E-state index >= 15 is 0 Å². The van der Waals surface area contributed by atoms with E-state index in [9.17, 15) is 0 Å². The molecule has 1 N–H and O–H groups in total. The van der Waals surface area contributed by atoms with Crippen molar-refractivity contribution < 1.29 is 0 Å². The molecule has 1 saturated carbocycles. The van der Waals surface area contributed by atoms with Gasteiger partial charge in [-0.1, -0.05) is 6.92 Å². The maximum atomic E-state index is 8.80. The molecule has 0 aromatic heterocycles. The van der Waals surface area contributed by atoms with Gasteiger partial charge in [-0.05, 0) is 48.9 Å². The fraction of sp³-hybridized carbons (Fsp3) is 0.462. The minimum Gasteiger partial charge on any atom is -0.385 e. The lowest BCUT2D eigenvalue weighted by Gasteiger charge is -2.07. The molecule has 0 bridgehead atoms. The second kappa shape index (κ2) is 3.94. The second-order valence-corrected chi connectivity index (χ2v) is 4.50. The van der Waals surface area contributed by atoms with E-state index < -0.39 is 0 Å². The van der Waals surface area contributed by atoms with Gasteiger partial charge in [0.1, 0.15) is 0 Å². The van der Waals surface area contributed by atoms with Crippen LogP contribution < -0.4 is 5.32 Å². The molecule has 1 aromatic rings. The lowest BCUT2D eigenvalue weighted by molar-refractivity contribution is 0.787. The van der Waals surface area contributed by atoms with Crippen LogP contribution in [0.4, 0.5) is 5.69 Å². The Hall–Kier alpha value is -1.49. The highest BCUT2D eigenvalue weighted by atomic mass is 14.9. The Morgan fingerprint density at radius 3 is 2.80 bits per heavy atom. The Morgan fingerprint density at radius 1 is 1.53 bits per heavy atom. The molecule has 2 unspecified atom stereocenters. The molecule has 0 spiro atoms. The molecule has 1 aliphatic carbocycles. The summed E-state index contributed by atoms with van der Waals surface area (Å²) in [6.07, 6.45) is 1.35. The third kappa shape index (κ3) is 2.30. The standard InChI is InChI=1S/C13H16N2/c1-9-5-12(9)8-15-13-4-3-11(7-14)10(2)6-13/h3-4,6,9,12,15H,5,8H2,1-2H3. The predicted octanol–water partition coefficient (Wildman–Crippen LogP) is 2.93. The average Bonchev–Trinajstić information content (AvgIpc) is 2.92. The van der Waals surface area contributed by atoms with Crippen LogP contribution in [-0.4, -0.2) is 6.54 Å². The van der Waals surface area contributed by atoms with E-state index in [1.807, 2.05) is 25.1 Å².